The molecule has 0 bridgehead atoms. The maximum absolute atomic E-state index is 11.2. The van der Waals surface area contributed by atoms with E-state index in [0.29, 0.717) is 17.9 Å². The fraction of sp³-hybridized carbons (Fsp3) is 0.188. The molecule has 0 heterocycles. The third-order valence-corrected chi connectivity index (χ3v) is 3.30. The molecule has 0 aliphatic carbocycles. The molecular weight excluding hydrogens is 260 g/mol. The van der Waals surface area contributed by atoms with Gasteiger partial charge in [0.1, 0.15) is 12.4 Å². The minimum Gasteiger partial charge on any atom is -0.489 e. The van der Waals surface area contributed by atoms with Crippen molar-refractivity contribution in [2.75, 3.05) is 0 Å². The number of aryl methyl sites for hydroxylation is 1. The lowest BCUT2D eigenvalue weighted by Gasteiger charge is -2.12. The average molecular weight is 275 g/mol. The molecule has 2 aromatic carbocycles. The van der Waals surface area contributed by atoms with Crippen molar-refractivity contribution in [1.29, 1.82) is 0 Å². The van der Waals surface area contributed by atoms with E-state index in [4.69, 9.17) is 16.3 Å². The van der Waals surface area contributed by atoms with Crippen LogP contribution in [0.1, 0.15) is 27.0 Å². The Morgan fingerprint density at radius 3 is 2.47 bits per heavy atom. The Morgan fingerprint density at radius 2 is 1.84 bits per heavy atom. The smallest absolute Gasteiger partial charge is 0.252 e. The van der Waals surface area contributed by atoms with Gasteiger partial charge in [0, 0.05) is 5.56 Å². The molecule has 0 fully saturated rings. The molecule has 0 saturated carbocycles. The van der Waals surface area contributed by atoms with Crippen LogP contribution in [0, 0.1) is 13.8 Å². The summed E-state index contributed by atoms with van der Waals surface area (Å²) >= 11 is 5.52. The van der Waals surface area contributed by atoms with Gasteiger partial charge in [-0.15, -0.1) is 0 Å². The Hall–Kier alpha value is -1.80. The van der Waals surface area contributed by atoms with Gasteiger partial charge < -0.3 is 4.74 Å². The molecule has 2 aromatic rings. The van der Waals surface area contributed by atoms with Crippen LogP contribution < -0.4 is 4.74 Å². The summed E-state index contributed by atoms with van der Waals surface area (Å²) in [5, 5.41) is -0.465. The van der Waals surface area contributed by atoms with Crippen LogP contribution in [-0.2, 0) is 6.61 Å². The van der Waals surface area contributed by atoms with Gasteiger partial charge in [-0.25, -0.2) is 0 Å². The quantitative estimate of drug-likeness (QED) is 0.779. The topological polar surface area (TPSA) is 26.3 Å². The normalized spacial score (nSPS) is 10.3. The average Bonchev–Trinajstić information content (AvgIpc) is 2.41. The molecule has 0 unspecified atom stereocenters. The second kappa shape index (κ2) is 5.89. The largest absolute Gasteiger partial charge is 0.489 e. The first-order valence-corrected chi connectivity index (χ1v) is 6.43. The van der Waals surface area contributed by atoms with E-state index < -0.39 is 5.24 Å². The van der Waals surface area contributed by atoms with Crippen LogP contribution >= 0.6 is 11.6 Å². The predicted octanol–water partition coefficient (Wildman–Crippen LogP) is 4.26. The third kappa shape index (κ3) is 3.36. The van der Waals surface area contributed by atoms with Gasteiger partial charge in [0.15, 0.2) is 0 Å². The fourth-order valence-electron chi connectivity index (χ4n) is 1.83. The van der Waals surface area contributed by atoms with Crippen molar-refractivity contribution in [2.24, 2.45) is 0 Å². The molecule has 3 heteroatoms. The summed E-state index contributed by atoms with van der Waals surface area (Å²) in [6, 6.07) is 13.4. The Morgan fingerprint density at radius 1 is 1.16 bits per heavy atom. The number of benzene rings is 2. The fourth-order valence-corrected chi connectivity index (χ4v) is 1.93. The zero-order chi connectivity index (χ0) is 13.8. The molecule has 2 rings (SSSR count). The van der Waals surface area contributed by atoms with Gasteiger partial charge in [-0.2, -0.15) is 0 Å². The summed E-state index contributed by atoms with van der Waals surface area (Å²) in [4.78, 5) is 11.2. The molecule has 0 atom stereocenters. The van der Waals surface area contributed by atoms with Crippen LogP contribution in [0.25, 0.3) is 0 Å². The van der Waals surface area contributed by atoms with Gasteiger partial charge >= 0.3 is 0 Å². The van der Waals surface area contributed by atoms with E-state index in [1.807, 2.05) is 44.2 Å². The monoisotopic (exact) mass is 274 g/mol. The van der Waals surface area contributed by atoms with Crippen LogP contribution in [0.3, 0.4) is 0 Å². The van der Waals surface area contributed by atoms with Crippen molar-refractivity contribution in [2.45, 2.75) is 20.5 Å². The Labute approximate surface area is 118 Å². The SMILES string of the molecule is Cc1cc(C(=O)Cl)cc(OCc2ccccc2)c1C. The highest BCUT2D eigenvalue weighted by molar-refractivity contribution is 6.67. The number of carbonyl (C=O) groups excluding carboxylic acids is 1. The second-order valence-electron chi connectivity index (χ2n) is 4.46. The van der Waals surface area contributed by atoms with Crippen LogP contribution in [-0.4, -0.2) is 5.24 Å². The summed E-state index contributed by atoms with van der Waals surface area (Å²) in [6.45, 7) is 4.38. The van der Waals surface area contributed by atoms with Crippen LogP contribution in [0.2, 0.25) is 0 Å². The summed E-state index contributed by atoms with van der Waals surface area (Å²) in [7, 11) is 0. The molecule has 0 aliphatic rings. The van der Waals surface area contributed by atoms with E-state index in [1.165, 1.54) is 0 Å². The zero-order valence-corrected chi connectivity index (χ0v) is 11.7. The van der Waals surface area contributed by atoms with Gasteiger partial charge in [0.2, 0.25) is 0 Å². The number of halogens is 1. The number of hydrogen-bond acceptors (Lipinski definition) is 2. The van der Waals surface area contributed by atoms with E-state index in [-0.39, 0.29) is 0 Å². The minimum absolute atomic E-state index is 0.465. The van der Waals surface area contributed by atoms with Gasteiger partial charge in [-0.3, -0.25) is 4.79 Å². The van der Waals surface area contributed by atoms with Crippen LogP contribution in [0.4, 0.5) is 0 Å². The van der Waals surface area contributed by atoms with Gasteiger partial charge in [-0.1, -0.05) is 30.3 Å². The van der Waals surface area contributed by atoms with E-state index in [0.717, 1.165) is 16.7 Å². The summed E-state index contributed by atoms with van der Waals surface area (Å²) in [6.07, 6.45) is 0. The first-order chi connectivity index (χ1) is 9.08. The maximum Gasteiger partial charge on any atom is 0.252 e. The van der Waals surface area contributed by atoms with Crippen molar-refractivity contribution in [3.63, 3.8) is 0 Å². The van der Waals surface area contributed by atoms with Gasteiger partial charge in [-0.05, 0) is 54.3 Å². The lowest BCUT2D eigenvalue weighted by Crippen LogP contribution is -2.00. The standard InChI is InChI=1S/C16H15ClO2/c1-11-8-14(16(17)18)9-15(12(11)2)19-10-13-6-4-3-5-7-13/h3-9H,10H2,1-2H3. The molecule has 19 heavy (non-hydrogen) atoms. The van der Waals surface area contributed by atoms with E-state index in [2.05, 4.69) is 0 Å². The highest BCUT2D eigenvalue weighted by atomic mass is 35.5. The van der Waals surface area contributed by atoms with Gasteiger partial charge in [0.25, 0.3) is 5.24 Å². The molecule has 0 saturated heterocycles. The Balaban J connectivity index is 2.22. The molecule has 0 amide bonds. The van der Waals surface area contributed by atoms with Crippen molar-refractivity contribution in [3.8, 4) is 5.75 Å². The van der Waals surface area contributed by atoms with Crippen molar-refractivity contribution < 1.29 is 9.53 Å². The molecule has 0 N–H and O–H groups in total. The molecule has 98 valence electrons. The van der Waals surface area contributed by atoms with Crippen molar-refractivity contribution >= 4 is 16.8 Å². The number of rotatable bonds is 4. The first kappa shape index (κ1) is 13.6. The molecular formula is C16H15ClO2. The maximum atomic E-state index is 11.2. The summed E-state index contributed by atoms with van der Waals surface area (Å²) in [5.41, 5.74) is 3.57. The molecule has 0 aliphatic heterocycles. The molecule has 0 radical (unpaired) electrons. The van der Waals surface area contributed by atoms with Crippen molar-refractivity contribution in [1.82, 2.24) is 0 Å². The number of ether oxygens (including phenoxy) is 1. The lowest BCUT2D eigenvalue weighted by atomic mass is 10.1. The van der Waals surface area contributed by atoms with Crippen molar-refractivity contribution in [3.05, 3.63) is 64.7 Å². The third-order valence-electron chi connectivity index (χ3n) is 3.08. The highest BCUT2D eigenvalue weighted by Gasteiger charge is 2.09. The van der Waals surface area contributed by atoms with Crippen LogP contribution in [0.15, 0.2) is 42.5 Å². The van der Waals surface area contributed by atoms with E-state index >= 15 is 0 Å². The minimum atomic E-state index is -0.465. The second-order valence-corrected chi connectivity index (χ2v) is 4.81. The molecule has 0 aromatic heterocycles. The van der Waals surface area contributed by atoms with Gasteiger partial charge in [0.05, 0.1) is 0 Å². The lowest BCUT2D eigenvalue weighted by molar-refractivity contribution is 0.108. The zero-order valence-electron chi connectivity index (χ0n) is 10.9. The predicted molar refractivity (Wildman–Crippen MR) is 76.9 cm³/mol. The number of carbonyl (C=O) groups is 1. The van der Waals surface area contributed by atoms with E-state index in [1.54, 1.807) is 12.1 Å². The molecule has 0 spiro atoms. The number of hydrogen-bond donors (Lipinski definition) is 0. The first-order valence-electron chi connectivity index (χ1n) is 6.05. The van der Waals surface area contributed by atoms with E-state index in [9.17, 15) is 4.79 Å². The van der Waals surface area contributed by atoms with Crippen LogP contribution in [0.5, 0.6) is 5.75 Å². The molecule has 2 nitrogen and oxygen atoms in total. The summed E-state index contributed by atoms with van der Waals surface area (Å²) < 4.78 is 5.78. The highest BCUT2D eigenvalue weighted by Crippen LogP contribution is 2.25. The Kier molecular flexibility index (Phi) is 4.23. The Bertz CT molecular complexity index is 591. The summed E-state index contributed by atoms with van der Waals surface area (Å²) in [5.74, 6) is 0.702.